The molecule has 0 radical (unpaired) electrons. The fourth-order valence-electron chi connectivity index (χ4n) is 3.42. The maximum absolute atomic E-state index is 12.9. The van der Waals surface area contributed by atoms with Crippen LogP contribution in [0.4, 0.5) is 9.59 Å². The summed E-state index contributed by atoms with van der Waals surface area (Å²) in [5.41, 5.74) is -0.358. The van der Waals surface area contributed by atoms with Gasteiger partial charge in [-0.2, -0.15) is 0 Å². The molecule has 180 valence electrons. The number of rotatable bonds is 4. The van der Waals surface area contributed by atoms with Crippen molar-refractivity contribution in [1.82, 2.24) is 15.1 Å². The van der Waals surface area contributed by atoms with Gasteiger partial charge in [0.1, 0.15) is 11.2 Å². The van der Waals surface area contributed by atoms with Gasteiger partial charge in [0.15, 0.2) is 0 Å². The van der Waals surface area contributed by atoms with Gasteiger partial charge < -0.3 is 24.6 Å². The van der Waals surface area contributed by atoms with E-state index in [-0.39, 0.29) is 23.8 Å². The van der Waals surface area contributed by atoms with Gasteiger partial charge in [0.05, 0.1) is 6.04 Å². The zero-order valence-corrected chi connectivity index (χ0v) is 22.2. The molecule has 2 rings (SSSR count). The molecule has 1 atom stereocenters. The van der Waals surface area contributed by atoms with E-state index in [9.17, 15) is 9.59 Å². The molecule has 0 saturated carbocycles. The van der Waals surface area contributed by atoms with Crippen LogP contribution in [0.25, 0.3) is 0 Å². The Kier molecular flexibility index (Phi) is 8.26. The third-order valence-electron chi connectivity index (χ3n) is 5.11. The van der Waals surface area contributed by atoms with Crippen LogP contribution in [0.5, 0.6) is 0 Å². The van der Waals surface area contributed by atoms with Crippen molar-refractivity contribution in [2.45, 2.75) is 78.2 Å². The molecule has 1 fully saturated rings. The average molecular weight is 512 g/mol. The van der Waals surface area contributed by atoms with Gasteiger partial charge in [-0.25, -0.2) is 9.59 Å². The number of piperazine rings is 1. The maximum Gasteiger partial charge on any atom is 0.410 e. The summed E-state index contributed by atoms with van der Waals surface area (Å²) in [6.45, 7) is 17.0. The molecule has 1 heterocycles. The minimum atomic E-state index is -0.589. The topological polar surface area (TPSA) is 71.1 Å². The van der Waals surface area contributed by atoms with E-state index < -0.39 is 11.2 Å². The smallest absolute Gasteiger partial charge is 0.410 e. The summed E-state index contributed by atoms with van der Waals surface area (Å²) in [7, 11) is 0. The monoisotopic (exact) mass is 511 g/mol. The first kappa shape index (κ1) is 26.5. The lowest BCUT2D eigenvalue weighted by molar-refractivity contribution is -0.0153. The number of benzene rings is 1. The second kappa shape index (κ2) is 10.00. The summed E-state index contributed by atoms with van der Waals surface area (Å²) in [6.07, 6.45) is -0.729. The standard InChI is InChI=1S/C24H38BrN3O4/c1-22(2,3)31-20(29)27-13-14-28(21(30)32-23(4,5)6)19(16-27)15-26-24(7,8)17-9-11-18(25)12-10-17/h9-12,19,26H,13-16H2,1-8H3/t19-/m1/s1. The molecular weight excluding hydrogens is 474 g/mol. The van der Waals surface area contributed by atoms with E-state index in [0.717, 1.165) is 10.0 Å². The molecule has 0 aromatic heterocycles. The molecule has 0 bridgehead atoms. The predicted molar refractivity (Wildman–Crippen MR) is 130 cm³/mol. The van der Waals surface area contributed by atoms with E-state index >= 15 is 0 Å². The van der Waals surface area contributed by atoms with Crippen molar-refractivity contribution in [2.24, 2.45) is 0 Å². The highest BCUT2D eigenvalue weighted by atomic mass is 79.9. The lowest BCUT2D eigenvalue weighted by Gasteiger charge is -2.43. The Labute approximate surface area is 200 Å². The summed E-state index contributed by atoms with van der Waals surface area (Å²) in [5.74, 6) is 0. The lowest BCUT2D eigenvalue weighted by atomic mass is 9.94. The number of carbonyl (C=O) groups excluding carboxylic acids is 2. The minimum absolute atomic E-state index is 0.249. The fraction of sp³-hybridized carbons (Fsp3) is 0.667. The number of halogens is 1. The Morgan fingerprint density at radius 3 is 2.00 bits per heavy atom. The van der Waals surface area contributed by atoms with Gasteiger partial charge in [-0.1, -0.05) is 28.1 Å². The molecule has 7 nitrogen and oxygen atoms in total. The molecule has 1 N–H and O–H groups in total. The van der Waals surface area contributed by atoms with Crippen LogP contribution in [0.3, 0.4) is 0 Å². The van der Waals surface area contributed by atoms with Crippen molar-refractivity contribution in [1.29, 1.82) is 0 Å². The number of nitrogens with zero attached hydrogens (tertiary/aromatic N) is 2. The van der Waals surface area contributed by atoms with Crippen molar-refractivity contribution >= 4 is 28.1 Å². The van der Waals surface area contributed by atoms with E-state index in [1.165, 1.54) is 0 Å². The molecule has 2 amide bonds. The number of ether oxygens (including phenoxy) is 2. The summed E-state index contributed by atoms with van der Waals surface area (Å²) >= 11 is 3.47. The Hall–Kier alpha value is -1.80. The number of amides is 2. The number of nitrogens with one attached hydrogen (secondary N) is 1. The number of hydrogen-bond acceptors (Lipinski definition) is 5. The summed E-state index contributed by atoms with van der Waals surface area (Å²) in [5, 5.41) is 3.58. The van der Waals surface area contributed by atoms with E-state index in [1.807, 2.05) is 53.7 Å². The number of carbonyl (C=O) groups is 2. The van der Waals surface area contributed by atoms with Gasteiger partial charge in [-0.3, -0.25) is 0 Å². The van der Waals surface area contributed by atoms with E-state index in [1.54, 1.807) is 9.80 Å². The highest BCUT2D eigenvalue weighted by Gasteiger charge is 2.37. The largest absolute Gasteiger partial charge is 0.444 e. The zero-order valence-electron chi connectivity index (χ0n) is 20.6. The Bertz CT molecular complexity index is 797. The molecule has 0 aliphatic carbocycles. The van der Waals surface area contributed by atoms with Crippen LogP contribution >= 0.6 is 15.9 Å². The Balaban J connectivity index is 2.16. The molecule has 1 aliphatic heterocycles. The lowest BCUT2D eigenvalue weighted by Crippen LogP contribution is -2.61. The predicted octanol–water partition coefficient (Wildman–Crippen LogP) is 5.13. The van der Waals surface area contributed by atoms with Gasteiger partial charge in [0.2, 0.25) is 0 Å². The van der Waals surface area contributed by atoms with Crippen LogP contribution in [0.2, 0.25) is 0 Å². The Morgan fingerprint density at radius 1 is 0.938 bits per heavy atom. The SMILES string of the molecule is CC(C)(C)OC(=O)N1CCN(C(=O)OC(C)(C)C)[C@H](CNC(C)(C)c2ccc(Br)cc2)C1. The van der Waals surface area contributed by atoms with Gasteiger partial charge in [0, 0.05) is 36.2 Å². The average Bonchev–Trinajstić information content (AvgIpc) is 2.64. The fourth-order valence-corrected chi connectivity index (χ4v) is 3.69. The van der Waals surface area contributed by atoms with Gasteiger partial charge in [-0.05, 0) is 73.1 Å². The molecule has 1 saturated heterocycles. The molecule has 0 spiro atoms. The van der Waals surface area contributed by atoms with E-state index in [2.05, 4.69) is 47.2 Å². The summed E-state index contributed by atoms with van der Waals surface area (Å²) in [6, 6.07) is 7.90. The molecule has 1 aromatic carbocycles. The first-order valence-electron chi connectivity index (χ1n) is 11.1. The first-order chi connectivity index (χ1) is 14.6. The van der Waals surface area contributed by atoms with Crippen LogP contribution in [0.15, 0.2) is 28.7 Å². The quantitative estimate of drug-likeness (QED) is 0.606. The molecule has 8 heteroatoms. The normalized spacial score (nSPS) is 17.8. The van der Waals surface area contributed by atoms with Crippen LogP contribution in [-0.2, 0) is 15.0 Å². The summed E-state index contributed by atoms with van der Waals surface area (Å²) < 4.78 is 12.2. The van der Waals surface area contributed by atoms with Gasteiger partial charge >= 0.3 is 12.2 Å². The van der Waals surface area contributed by atoms with Crippen molar-refractivity contribution in [3.8, 4) is 0 Å². The third-order valence-corrected chi connectivity index (χ3v) is 5.64. The van der Waals surface area contributed by atoms with Crippen molar-refractivity contribution in [3.05, 3.63) is 34.3 Å². The van der Waals surface area contributed by atoms with Gasteiger partial charge in [0.25, 0.3) is 0 Å². The third kappa shape index (κ3) is 7.96. The highest BCUT2D eigenvalue weighted by molar-refractivity contribution is 9.10. The second-order valence-corrected chi connectivity index (χ2v) is 11.7. The molecule has 1 aromatic rings. The number of hydrogen-bond donors (Lipinski definition) is 1. The van der Waals surface area contributed by atoms with E-state index in [0.29, 0.717) is 26.2 Å². The summed E-state index contributed by atoms with van der Waals surface area (Å²) in [4.78, 5) is 29.0. The van der Waals surface area contributed by atoms with Crippen LogP contribution in [-0.4, -0.2) is 65.4 Å². The molecular formula is C24H38BrN3O4. The maximum atomic E-state index is 12.9. The van der Waals surface area contributed by atoms with Gasteiger partial charge in [-0.15, -0.1) is 0 Å². The van der Waals surface area contributed by atoms with Crippen molar-refractivity contribution in [3.63, 3.8) is 0 Å². The van der Waals surface area contributed by atoms with Crippen molar-refractivity contribution < 1.29 is 19.1 Å². The highest BCUT2D eigenvalue weighted by Crippen LogP contribution is 2.24. The molecule has 1 aliphatic rings. The second-order valence-electron chi connectivity index (χ2n) is 10.8. The van der Waals surface area contributed by atoms with Crippen LogP contribution in [0.1, 0.15) is 61.0 Å². The Morgan fingerprint density at radius 2 is 1.47 bits per heavy atom. The van der Waals surface area contributed by atoms with Crippen molar-refractivity contribution in [2.75, 3.05) is 26.2 Å². The zero-order chi connectivity index (χ0) is 24.3. The van der Waals surface area contributed by atoms with E-state index in [4.69, 9.17) is 9.47 Å². The molecule has 0 unspecified atom stereocenters. The molecule has 32 heavy (non-hydrogen) atoms. The van der Waals surface area contributed by atoms with Crippen LogP contribution in [0, 0.1) is 0 Å². The van der Waals surface area contributed by atoms with Crippen LogP contribution < -0.4 is 5.32 Å². The first-order valence-corrected chi connectivity index (χ1v) is 11.9. The minimum Gasteiger partial charge on any atom is -0.444 e.